The fraction of sp³-hybridized carbons (Fsp3) is 0.154. The Kier molecular flexibility index (Phi) is 3.33. The normalized spacial score (nSPS) is 12.0. The highest BCUT2D eigenvalue weighted by atomic mass is 79.9. The van der Waals surface area contributed by atoms with Crippen LogP contribution >= 0.6 is 15.9 Å². The molecule has 0 bridgehead atoms. The lowest BCUT2D eigenvalue weighted by Crippen LogP contribution is -1.99. The predicted molar refractivity (Wildman–Crippen MR) is 71.0 cm³/mol. The van der Waals surface area contributed by atoms with Crippen LogP contribution in [0.5, 0.6) is 0 Å². The lowest BCUT2D eigenvalue weighted by Gasteiger charge is -2.05. The first kappa shape index (κ1) is 11.9. The molecule has 0 aliphatic carbocycles. The van der Waals surface area contributed by atoms with E-state index in [2.05, 4.69) is 15.9 Å². The van der Waals surface area contributed by atoms with Gasteiger partial charge in [0.1, 0.15) is 0 Å². The number of benzene rings is 1. The van der Waals surface area contributed by atoms with Crippen LogP contribution < -0.4 is 0 Å². The van der Waals surface area contributed by atoms with Gasteiger partial charge in [-0.25, -0.2) is 4.79 Å². The van der Waals surface area contributed by atoms with E-state index in [1.807, 2.05) is 42.0 Å². The number of aromatic nitrogens is 1. The Morgan fingerprint density at radius 2 is 2.24 bits per heavy atom. The lowest BCUT2D eigenvalue weighted by atomic mass is 10.2. The van der Waals surface area contributed by atoms with Crippen molar-refractivity contribution in [3.63, 3.8) is 0 Å². The standard InChI is InChI=1S/C13H12BrNO2/c1-9(6-13(16)17)8-15-5-4-10-2-3-11(14)7-12(10)15/h2-7H,8H2,1H3,(H,16,17)/b9-6+. The fourth-order valence-electron chi connectivity index (χ4n) is 1.82. The number of hydrogen-bond donors (Lipinski definition) is 1. The third kappa shape index (κ3) is 2.77. The Balaban J connectivity index is 2.36. The first-order valence-corrected chi connectivity index (χ1v) is 6.00. The SMILES string of the molecule is C/C(=C\C(=O)O)Cn1ccc2ccc(Br)cc21. The number of nitrogens with zero attached hydrogens (tertiary/aromatic N) is 1. The quantitative estimate of drug-likeness (QED) is 0.881. The monoisotopic (exact) mass is 293 g/mol. The van der Waals surface area contributed by atoms with E-state index >= 15 is 0 Å². The molecule has 3 nitrogen and oxygen atoms in total. The number of aliphatic carboxylic acids is 1. The number of carbonyl (C=O) groups is 1. The maximum atomic E-state index is 10.6. The van der Waals surface area contributed by atoms with Crippen molar-refractivity contribution < 1.29 is 9.90 Å². The van der Waals surface area contributed by atoms with Crippen LogP contribution in [0.1, 0.15) is 6.92 Å². The summed E-state index contributed by atoms with van der Waals surface area (Å²) in [7, 11) is 0. The van der Waals surface area contributed by atoms with Crippen LogP contribution in [0.3, 0.4) is 0 Å². The molecule has 17 heavy (non-hydrogen) atoms. The van der Waals surface area contributed by atoms with Crippen molar-refractivity contribution in [1.82, 2.24) is 4.57 Å². The zero-order chi connectivity index (χ0) is 12.4. The number of rotatable bonds is 3. The first-order chi connectivity index (χ1) is 8.06. The summed E-state index contributed by atoms with van der Waals surface area (Å²) >= 11 is 3.44. The molecule has 1 aromatic carbocycles. The fourth-order valence-corrected chi connectivity index (χ4v) is 2.17. The molecule has 1 heterocycles. The molecule has 1 N–H and O–H groups in total. The summed E-state index contributed by atoms with van der Waals surface area (Å²) in [5, 5.41) is 9.83. The number of fused-ring (bicyclic) bond motifs is 1. The van der Waals surface area contributed by atoms with Crippen molar-refractivity contribution in [1.29, 1.82) is 0 Å². The Morgan fingerprint density at radius 3 is 2.94 bits per heavy atom. The van der Waals surface area contributed by atoms with Crippen LogP contribution in [-0.2, 0) is 11.3 Å². The highest BCUT2D eigenvalue weighted by Gasteiger charge is 2.03. The predicted octanol–water partition coefficient (Wildman–Crippen LogP) is 3.43. The van der Waals surface area contributed by atoms with Gasteiger partial charge in [-0.15, -0.1) is 0 Å². The van der Waals surface area contributed by atoms with Gasteiger partial charge < -0.3 is 9.67 Å². The summed E-state index contributed by atoms with van der Waals surface area (Å²) in [6, 6.07) is 8.08. The van der Waals surface area contributed by atoms with Gasteiger partial charge in [-0.1, -0.05) is 22.0 Å². The molecule has 0 amide bonds. The minimum absolute atomic E-state index is 0.590. The van der Waals surface area contributed by atoms with E-state index in [0.717, 1.165) is 20.9 Å². The third-order valence-electron chi connectivity index (χ3n) is 2.53. The number of halogens is 1. The summed E-state index contributed by atoms with van der Waals surface area (Å²) in [5.74, 6) is -0.903. The Hall–Kier alpha value is -1.55. The van der Waals surface area contributed by atoms with E-state index < -0.39 is 5.97 Å². The van der Waals surface area contributed by atoms with Crippen molar-refractivity contribution in [3.8, 4) is 0 Å². The number of hydrogen-bond acceptors (Lipinski definition) is 1. The Morgan fingerprint density at radius 1 is 1.47 bits per heavy atom. The summed E-state index contributed by atoms with van der Waals surface area (Å²) in [5.41, 5.74) is 1.91. The summed E-state index contributed by atoms with van der Waals surface area (Å²) in [6.45, 7) is 2.41. The number of carboxylic acid groups (broad SMARTS) is 1. The average molecular weight is 294 g/mol. The molecule has 0 radical (unpaired) electrons. The van der Waals surface area contributed by atoms with Crippen LogP contribution in [0, 0.1) is 0 Å². The second kappa shape index (κ2) is 4.75. The van der Waals surface area contributed by atoms with Crippen LogP contribution in [-0.4, -0.2) is 15.6 Å². The topological polar surface area (TPSA) is 42.2 Å². The highest BCUT2D eigenvalue weighted by molar-refractivity contribution is 9.10. The average Bonchev–Trinajstić information content (AvgIpc) is 2.60. The van der Waals surface area contributed by atoms with Crippen LogP contribution in [0.4, 0.5) is 0 Å². The van der Waals surface area contributed by atoms with Crippen molar-refractivity contribution in [2.24, 2.45) is 0 Å². The second-order valence-corrected chi connectivity index (χ2v) is 4.89. The maximum Gasteiger partial charge on any atom is 0.328 e. The van der Waals surface area contributed by atoms with Crippen molar-refractivity contribution in [2.45, 2.75) is 13.5 Å². The van der Waals surface area contributed by atoms with E-state index in [1.165, 1.54) is 6.08 Å². The van der Waals surface area contributed by atoms with Crippen LogP contribution in [0.25, 0.3) is 10.9 Å². The molecule has 0 spiro atoms. The summed E-state index contributed by atoms with van der Waals surface area (Å²) < 4.78 is 3.05. The van der Waals surface area contributed by atoms with Gasteiger partial charge in [-0.2, -0.15) is 0 Å². The van der Waals surface area contributed by atoms with Gasteiger partial charge in [0.15, 0.2) is 0 Å². The molecule has 0 atom stereocenters. The molecule has 0 aliphatic heterocycles. The minimum atomic E-state index is -0.903. The molecule has 0 unspecified atom stereocenters. The first-order valence-electron chi connectivity index (χ1n) is 5.21. The lowest BCUT2D eigenvalue weighted by molar-refractivity contribution is -0.131. The van der Waals surface area contributed by atoms with Gasteiger partial charge in [0, 0.05) is 28.8 Å². The Bertz CT molecular complexity index is 598. The van der Waals surface area contributed by atoms with Gasteiger partial charge in [0.25, 0.3) is 0 Å². The van der Waals surface area contributed by atoms with E-state index in [9.17, 15) is 4.79 Å². The van der Waals surface area contributed by atoms with E-state index in [-0.39, 0.29) is 0 Å². The zero-order valence-corrected chi connectivity index (χ0v) is 10.9. The maximum absolute atomic E-state index is 10.6. The molecule has 2 rings (SSSR count). The Labute approximate surface area is 107 Å². The van der Waals surface area contributed by atoms with Gasteiger partial charge in [-0.05, 0) is 36.1 Å². The smallest absolute Gasteiger partial charge is 0.328 e. The van der Waals surface area contributed by atoms with E-state index in [1.54, 1.807) is 0 Å². The molecule has 2 aromatic rings. The van der Waals surface area contributed by atoms with Crippen LogP contribution in [0.2, 0.25) is 0 Å². The van der Waals surface area contributed by atoms with Crippen molar-refractivity contribution >= 4 is 32.8 Å². The second-order valence-electron chi connectivity index (χ2n) is 3.98. The molecule has 1 aromatic heterocycles. The van der Waals surface area contributed by atoms with Gasteiger partial charge in [-0.3, -0.25) is 0 Å². The molecule has 0 saturated heterocycles. The largest absolute Gasteiger partial charge is 0.478 e. The molecular weight excluding hydrogens is 282 g/mol. The third-order valence-corrected chi connectivity index (χ3v) is 3.02. The zero-order valence-electron chi connectivity index (χ0n) is 9.35. The van der Waals surface area contributed by atoms with E-state index in [4.69, 9.17) is 5.11 Å². The molecule has 0 fully saturated rings. The van der Waals surface area contributed by atoms with Crippen LogP contribution in [0.15, 0.2) is 46.6 Å². The van der Waals surface area contributed by atoms with Gasteiger partial charge in [0.2, 0.25) is 0 Å². The van der Waals surface area contributed by atoms with Crippen molar-refractivity contribution in [3.05, 3.63) is 46.6 Å². The van der Waals surface area contributed by atoms with Gasteiger partial charge in [0.05, 0.1) is 0 Å². The summed E-state index contributed by atoms with van der Waals surface area (Å²) in [6.07, 6.45) is 3.21. The molecule has 4 heteroatoms. The summed E-state index contributed by atoms with van der Waals surface area (Å²) in [4.78, 5) is 10.6. The van der Waals surface area contributed by atoms with E-state index in [0.29, 0.717) is 6.54 Å². The minimum Gasteiger partial charge on any atom is -0.478 e. The number of carboxylic acids is 1. The van der Waals surface area contributed by atoms with Gasteiger partial charge >= 0.3 is 5.97 Å². The number of allylic oxidation sites excluding steroid dienone is 1. The molecule has 0 saturated carbocycles. The molecule has 88 valence electrons. The molecule has 0 aliphatic rings. The highest BCUT2D eigenvalue weighted by Crippen LogP contribution is 2.21. The molecular formula is C13H12BrNO2. The van der Waals surface area contributed by atoms with Crippen molar-refractivity contribution in [2.75, 3.05) is 0 Å².